The third-order valence-corrected chi connectivity index (χ3v) is 5.18. The summed E-state index contributed by atoms with van der Waals surface area (Å²) in [5.41, 5.74) is 3.03. The minimum absolute atomic E-state index is 0.0794. The van der Waals surface area contributed by atoms with Crippen molar-refractivity contribution in [1.29, 1.82) is 0 Å². The molecule has 0 spiro atoms. The number of nitrogens with zero attached hydrogens (tertiary/aromatic N) is 1. The number of amides is 1. The van der Waals surface area contributed by atoms with Crippen LogP contribution in [0.3, 0.4) is 0 Å². The number of aromatic nitrogens is 1. The minimum atomic E-state index is -0.560. The smallest absolute Gasteiger partial charge is 0.326 e. The molecule has 0 atom stereocenters. The van der Waals surface area contributed by atoms with Crippen molar-refractivity contribution < 1.29 is 14.3 Å². The number of esters is 1. The number of para-hydroxylation sites is 2. The molecule has 0 saturated heterocycles. The van der Waals surface area contributed by atoms with Gasteiger partial charge in [0.1, 0.15) is 6.54 Å². The molecule has 0 fully saturated rings. The van der Waals surface area contributed by atoms with Crippen molar-refractivity contribution in [3.63, 3.8) is 0 Å². The van der Waals surface area contributed by atoms with Gasteiger partial charge in [0.05, 0.1) is 11.0 Å². The molecule has 1 amide bonds. The molecule has 0 bridgehead atoms. The van der Waals surface area contributed by atoms with Crippen LogP contribution in [-0.2, 0) is 27.3 Å². The molecule has 0 radical (unpaired) electrons. The van der Waals surface area contributed by atoms with Gasteiger partial charge in [0, 0.05) is 16.5 Å². The van der Waals surface area contributed by atoms with Crippen molar-refractivity contribution in [1.82, 2.24) is 4.57 Å². The molecule has 6 heteroatoms. The number of rotatable bonds is 6. The predicted molar refractivity (Wildman–Crippen MR) is 121 cm³/mol. The maximum Gasteiger partial charge on any atom is 0.326 e. The molecular formula is C25H22N2O4. The van der Waals surface area contributed by atoms with E-state index in [0.29, 0.717) is 27.5 Å². The van der Waals surface area contributed by atoms with Crippen molar-refractivity contribution in [2.24, 2.45) is 0 Å². The lowest BCUT2D eigenvalue weighted by molar-refractivity contribution is -0.147. The zero-order chi connectivity index (χ0) is 21.8. The van der Waals surface area contributed by atoms with Crippen LogP contribution in [0.4, 0.5) is 5.69 Å². The average molecular weight is 414 g/mol. The lowest BCUT2D eigenvalue weighted by Gasteiger charge is -2.14. The summed E-state index contributed by atoms with van der Waals surface area (Å²) in [7, 11) is 0. The van der Waals surface area contributed by atoms with Crippen LogP contribution < -0.4 is 10.7 Å². The fourth-order valence-electron chi connectivity index (χ4n) is 3.59. The normalized spacial score (nSPS) is 10.9. The quantitative estimate of drug-likeness (QED) is 0.383. The van der Waals surface area contributed by atoms with Crippen molar-refractivity contribution in [2.45, 2.75) is 19.9 Å². The number of nitrogens with one attached hydrogen (secondary N) is 1. The van der Waals surface area contributed by atoms with Crippen LogP contribution in [-0.4, -0.2) is 23.1 Å². The Balaban J connectivity index is 1.50. The molecule has 1 heterocycles. The Morgan fingerprint density at radius 2 is 1.45 bits per heavy atom. The highest BCUT2D eigenvalue weighted by Gasteiger charge is 2.14. The number of anilines is 1. The topological polar surface area (TPSA) is 77.4 Å². The number of aryl methyl sites for hydroxylation is 1. The van der Waals surface area contributed by atoms with E-state index in [1.54, 1.807) is 41.0 Å². The molecule has 3 aromatic carbocycles. The first kappa shape index (κ1) is 20.3. The summed E-state index contributed by atoms with van der Waals surface area (Å²) >= 11 is 0. The average Bonchev–Trinajstić information content (AvgIpc) is 2.81. The van der Waals surface area contributed by atoms with Crippen molar-refractivity contribution >= 4 is 39.4 Å². The second-order valence-corrected chi connectivity index (χ2v) is 7.21. The summed E-state index contributed by atoms with van der Waals surface area (Å²) < 4.78 is 6.95. The Bertz CT molecular complexity index is 1260. The third kappa shape index (κ3) is 4.33. The number of hydrogen-bond acceptors (Lipinski definition) is 4. The predicted octanol–water partition coefficient (Wildman–Crippen LogP) is 3.90. The zero-order valence-corrected chi connectivity index (χ0v) is 17.1. The number of hydrogen-bond donors (Lipinski definition) is 1. The van der Waals surface area contributed by atoms with Crippen LogP contribution in [0.25, 0.3) is 21.8 Å². The highest BCUT2D eigenvalue weighted by atomic mass is 16.5. The zero-order valence-electron chi connectivity index (χ0n) is 17.1. The molecule has 0 aliphatic carbocycles. The number of pyridine rings is 1. The Labute approximate surface area is 179 Å². The number of benzene rings is 3. The van der Waals surface area contributed by atoms with Crippen molar-refractivity contribution in [3.8, 4) is 0 Å². The third-order valence-electron chi connectivity index (χ3n) is 5.18. The second-order valence-electron chi connectivity index (χ2n) is 7.21. The molecule has 4 aromatic rings. The fraction of sp³-hybridized carbons (Fsp3) is 0.160. The van der Waals surface area contributed by atoms with Crippen molar-refractivity contribution in [3.05, 3.63) is 88.6 Å². The lowest BCUT2D eigenvalue weighted by Crippen LogP contribution is -2.24. The number of carbonyl (C=O) groups excluding carboxylic acids is 2. The van der Waals surface area contributed by atoms with Gasteiger partial charge in [-0.15, -0.1) is 0 Å². The molecule has 1 aromatic heterocycles. The monoisotopic (exact) mass is 414 g/mol. The number of carbonyl (C=O) groups is 2. The minimum Gasteiger partial charge on any atom is -0.454 e. The molecule has 6 nitrogen and oxygen atoms in total. The highest BCUT2D eigenvalue weighted by Crippen LogP contribution is 2.19. The largest absolute Gasteiger partial charge is 0.454 e. The standard InChI is InChI=1S/C25H22N2O4/c1-2-17-11-13-18(14-12-17)26-23(28)16-31-24(29)15-27-21-9-5-3-7-19(21)25(30)20-8-4-6-10-22(20)27/h3-14H,2,15-16H2,1H3,(H,26,28). The molecule has 1 N–H and O–H groups in total. The summed E-state index contributed by atoms with van der Waals surface area (Å²) in [5.74, 6) is -0.970. The molecule has 156 valence electrons. The first-order chi connectivity index (χ1) is 15.1. The van der Waals surface area contributed by atoms with Crippen LogP contribution in [0.1, 0.15) is 12.5 Å². The van der Waals surface area contributed by atoms with Crippen LogP contribution >= 0.6 is 0 Å². The summed E-state index contributed by atoms with van der Waals surface area (Å²) in [5, 5.41) is 3.77. The van der Waals surface area contributed by atoms with Gasteiger partial charge in [-0.1, -0.05) is 43.3 Å². The van der Waals surface area contributed by atoms with E-state index < -0.39 is 11.9 Å². The maximum absolute atomic E-state index is 12.8. The van der Waals surface area contributed by atoms with Crippen LogP contribution in [0.2, 0.25) is 0 Å². The highest BCUT2D eigenvalue weighted by molar-refractivity contribution is 5.95. The van der Waals surface area contributed by atoms with E-state index in [0.717, 1.165) is 6.42 Å². The van der Waals surface area contributed by atoms with Crippen LogP contribution in [0.15, 0.2) is 77.6 Å². The Hall–Kier alpha value is -3.93. The molecule has 31 heavy (non-hydrogen) atoms. The first-order valence-corrected chi connectivity index (χ1v) is 10.1. The number of fused-ring (bicyclic) bond motifs is 2. The lowest BCUT2D eigenvalue weighted by atomic mass is 10.1. The van der Waals surface area contributed by atoms with Gasteiger partial charge in [-0.3, -0.25) is 14.4 Å². The van der Waals surface area contributed by atoms with Gasteiger partial charge in [0.25, 0.3) is 5.91 Å². The van der Waals surface area contributed by atoms with Crippen LogP contribution in [0.5, 0.6) is 0 Å². The Morgan fingerprint density at radius 3 is 2.03 bits per heavy atom. The molecule has 0 saturated carbocycles. The van der Waals surface area contributed by atoms with E-state index in [9.17, 15) is 14.4 Å². The van der Waals surface area contributed by atoms with E-state index in [1.807, 2.05) is 36.4 Å². The van der Waals surface area contributed by atoms with Gasteiger partial charge < -0.3 is 14.6 Å². The Kier molecular flexibility index (Phi) is 5.80. The summed E-state index contributed by atoms with van der Waals surface area (Å²) in [4.78, 5) is 37.5. The van der Waals surface area contributed by atoms with E-state index in [1.165, 1.54) is 5.56 Å². The van der Waals surface area contributed by atoms with Gasteiger partial charge in [-0.25, -0.2) is 0 Å². The van der Waals surface area contributed by atoms with Gasteiger partial charge in [0.15, 0.2) is 12.0 Å². The van der Waals surface area contributed by atoms with E-state index in [2.05, 4.69) is 12.2 Å². The maximum atomic E-state index is 12.8. The van der Waals surface area contributed by atoms with Crippen molar-refractivity contribution in [2.75, 3.05) is 11.9 Å². The van der Waals surface area contributed by atoms with Gasteiger partial charge in [0.2, 0.25) is 0 Å². The first-order valence-electron chi connectivity index (χ1n) is 10.1. The van der Waals surface area contributed by atoms with Crippen LogP contribution in [0, 0.1) is 0 Å². The summed E-state index contributed by atoms with van der Waals surface area (Å²) in [6, 6.07) is 21.8. The molecule has 0 unspecified atom stereocenters. The molecule has 0 aliphatic heterocycles. The SMILES string of the molecule is CCc1ccc(NC(=O)COC(=O)Cn2c3ccccc3c(=O)c3ccccc32)cc1. The van der Waals surface area contributed by atoms with E-state index >= 15 is 0 Å². The van der Waals surface area contributed by atoms with Gasteiger partial charge in [-0.2, -0.15) is 0 Å². The van der Waals surface area contributed by atoms with E-state index in [4.69, 9.17) is 4.74 Å². The summed E-state index contributed by atoms with van der Waals surface area (Å²) in [6.45, 7) is 1.56. The van der Waals surface area contributed by atoms with Gasteiger partial charge in [-0.05, 0) is 48.4 Å². The van der Waals surface area contributed by atoms with E-state index in [-0.39, 0.29) is 18.6 Å². The Morgan fingerprint density at radius 1 is 0.871 bits per heavy atom. The summed E-state index contributed by atoms with van der Waals surface area (Å²) in [6.07, 6.45) is 0.917. The number of ether oxygens (including phenoxy) is 1. The second kappa shape index (κ2) is 8.83. The molecular weight excluding hydrogens is 392 g/mol. The van der Waals surface area contributed by atoms with Gasteiger partial charge >= 0.3 is 5.97 Å². The molecule has 4 rings (SSSR count). The fourth-order valence-corrected chi connectivity index (χ4v) is 3.59. The molecule has 0 aliphatic rings.